The van der Waals surface area contributed by atoms with E-state index in [-0.39, 0.29) is 0 Å². The monoisotopic (exact) mass is 232 g/mol. The van der Waals surface area contributed by atoms with Gasteiger partial charge >= 0.3 is 0 Å². The molecule has 17 heavy (non-hydrogen) atoms. The number of aromatic nitrogens is 3. The maximum Gasteiger partial charge on any atom is 0.126 e. The Morgan fingerprint density at radius 1 is 1.47 bits per heavy atom. The van der Waals surface area contributed by atoms with Crippen LogP contribution in [0.1, 0.15) is 5.69 Å². The SMILES string of the molecule is Cc1cccc(NCC(O)Cn2ccnc2)n1. The number of hydrogen-bond acceptors (Lipinski definition) is 4. The van der Waals surface area contributed by atoms with Gasteiger partial charge in [-0.3, -0.25) is 0 Å². The van der Waals surface area contributed by atoms with E-state index < -0.39 is 6.10 Å². The molecule has 2 heterocycles. The van der Waals surface area contributed by atoms with Crippen LogP contribution in [0.3, 0.4) is 0 Å². The van der Waals surface area contributed by atoms with Gasteiger partial charge in [-0.2, -0.15) is 0 Å². The normalized spacial score (nSPS) is 12.4. The highest BCUT2D eigenvalue weighted by Gasteiger charge is 2.04. The second-order valence-corrected chi connectivity index (χ2v) is 3.96. The van der Waals surface area contributed by atoms with Crippen molar-refractivity contribution in [1.29, 1.82) is 0 Å². The Morgan fingerprint density at radius 3 is 3.06 bits per heavy atom. The summed E-state index contributed by atoms with van der Waals surface area (Å²) in [6.07, 6.45) is 4.75. The fourth-order valence-corrected chi connectivity index (χ4v) is 1.57. The lowest BCUT2D eigenvalue weighted by atomic mass is 10.3. The van der Waals surface area contributed by atoms with E-state index in [1.54, 1.807) is 12.5 Å². The van der Waals surface area contributed by atoms with Crippen molar-refractivity contribution in [2.45, 2.75) is 19.6 Å². The third kappa shape index (κ3) is 3.57. The molecule has 0 bridgehead atoms. The van der Waals surface area contributed by atoms with Gasteiger partial charge in [0.15, 0.2) is 0 Å². The van der Waals surface area contributed by atoms with E-state index in [1.165, 1.54) is 0 Å². The van der Waals surface area contributed by atoms with Crippen molar-refractivity contribution in [2.24, 2.45) is 0 Å². The number of aryl methyl sites for hydroxylation is 1. The summed E-state index contributed by atoms with van der Waals surface area (Å²) in [6.45, 7) is 2.93. The van der Waals surface area contributed by atoms with Crippen LogP contribution >= 0.6 is 0 Å². The number of aliphatic hydroxyl groups is 1. The summed E-state index contributed by atoms with van der Waals surface area (Å²) in [4.78, 5) is 8.23. The van der Waals surface area contributed by atoms with Crippen molar-refractivity contribution in [3.05, 3.63) is 42.6 Å². The average molecular weight is 232 g/mol. The maximum atomic E-state index is 9.81. The van der Waals surface area contributed by atoms with Crippen molar-refractivity contribution < 1.29 is 5.11 Å². The highest BCUT2D eigenvalue weighted by atomic mass is 16.3. The molecule has 0 aliphatic rings. The molecule has 2 aromatic rings. The van der Waals surface area contributed by atoms with Gasteiger partial charge in [0.25, 0.3) is 0 Å². The van der Waals surface area contributed by atoms with Crippen molar-refractivity contribution in [3.8, 4) is 0 Å². The number of rotatable bonds is 5. The van der Waals surface area contributed by atoms with Crippen LogP contribution in [0, 0.1) is 6.92 Å². The minimum Gasteiger partial charge on any atom is -0.389 e. The number of nitrogens with zero attached hydrogens (tertiary/aromatic N) is 3. The molecule has 1 atom stereocenters. The summed E-state index contributed by atoms with van der Waals surface area (Å²) in [6, 6.07) is 5.76. The van der Waals surface area contributed by atoms with Crippen LogP contribution in [0.2, 0.25) is 0 Å². The molecule has 2 N–H and O–H groups in total. The van der Waals surface area contributed by atoms with Gasteiger partial charge in [0, 0.05) is 24.6 Å². The zero-order valence-electron chi connectivity index (χ0n) is 9.74. The lowest BCUT2D eigenvalue weighted by molar-refractivity contribution is 0.166. The van der Waals surface area contributed by atoms with E-state index in [2.05, 4.69) is 15.3 Å². The van der Waals surface area contributed by atoms with Gasteiger partial charge in [-0.25, -0.2) is 9.97 Å². The maximum absolute atomic E-state index is 9.81. The predicted molar refractivity (Wildman–Crippen MR) is 65.7 cm³/mol. The average Bonchev–Trinajstić information content (AvgIpc) is 2.79. The Balaban J connectivity index is 1.82. The van der Waals surface area contributed by atoms with Crippen LogP contribution in [0.15, 0.2) is 36.9 Å². The van der Waals surface area contributed by atoms with Crippen LogP contribution in [0.4, 0.5) is 5.82 Å². The molecule has 0 amide bonds. The van der Waals surface area contributed by atoms with Gasteiger partial charge < -0.3 is 15.0 Å². The van der Waals surface area contributed by atoms with Gasteiger partial charge in [-0.1, -0.05) is 6.07 Å². The van der Waals surface area contributed by atoms with E-state index in [1.807, 2.05) is 35.9 Å². The topological polar surface area (TPSA) is 63.0 Å². The second-order valence-electron chi connectivity index (χ2n) is 3.96. The highest BCUT2D eigenvalue weighted by molar-refractivity contribution is 5.35. The molecule has 0 saturated heterocycles. The summed E-state index contributed by atoms with van der Waals surface area (Å²) in [5.74, 6) is 0.787. The minimum atomic E-state index is -0.466. The number of imidazole rings is 1. The summed E-state index contributed by atoms with van der Waals surface area (Å²) in [5, 5.41) is 12.9. The standard InChI is InChI=1S/C12H16N4O/c1-10-3-2-4-12(15-10)14-7-11(17)8-16-6-5-13-9-16/h2-6,9,11,17H,7-8H2,1H3,(H,14,15). The molecule has 1 unspecified atom stereocenters. The summed E-state index contributed by atoms with van der Waals surface area (Å²) in [5.41, 5.74) is 0.957. The Hall–Kier alpha value is -1.88. The minimum absolute atomic E-state index is 0.466. The van der Waals surface area contributed by atoms with Gasteiger partial charge in [0.05, 0.1) is 19.0 Å². The molecule has 0 aromatic carbocycles. The molecular formula is C12H16N4O. The van der Waals surface area contributed by atoms with Crippen LogP contribution < -0.4 is 5.32 Å². The van der Waals surface area contributed by atoms with Gasteiger partial charge in [0.1, 0.15) is 5.82 Å². The fraction of sp³-hybridized carbons (Fsp3) is 0.333. The first-order valence-corrected chi connectivity index (χ1v) is 5.55. The molecular weight excluding hydrogens is 216 g/mol. The van der Waals surface area contributed by atoms with E-state index in [9.17, 15) is 5.11 Å². The lowest BCUT2D eigenvalue weighted by Gasteiger charge is -2.12. The summed E-state index contributed by atoms with van der Waals surface area (Å²) >= 11 is 0. The predicted octanol–water partition coefficient (Wildman–Crippen LogP) is 1.06. The van der Waals surface area contributed by atoms with Crippen LogP contribution in [-0.4, -0.2) is 32.3 Å². The van der Waals surface area contributed by atoms with Crippen molar-refractivity contribution >= 4 is 5.82 Å². The first-order valence-electron chi connectivity index (χ1n) is 5.55. The molecule has 0 spiro atoms. The molecule has 0 aliphatic carbocycles. The zero-order valence-corrected chi connectivity index (χ0v) is 9.74. The summed E-state index contributed by atoms with van der Waals surface area (Å²) in [7, 11) is 0. The van der Waals surface area contributed by atoms with Gasteiger partial charge in [0.2, 0.25) is 0 Å². The number of nitrogens with one attached hydrogen (secondary N) is 1. The van der Waals surface area contributed by atoms with Gasteiger partial charge in [-0.05, 0) is 19.1 Å². The fourth-order valence-electron chi connectivity index (χ4n) is 1.57. The van der Waals surface area contributed by atoms with Gasteiger partial charge in [-0.15, -0.1) is 0 Å². The third-order valence-electron chi connectivity index (χ3n) is 2.39. The van der Waals surface area contributed by atoms with E-state index in [4.69, 9.17) is 0 Å². The smallest absolute Gasteiger partial charge is 0.126 e. The largest absolute Gasteiger partial charge is 0.389 e. The number of pyridine rings is 1. The Labute approximate surface area is 100 Å². The summed E-state index contributed by atoms with van der Waals surface area (Å²) < 4.78 is 1.84. The Bertz CT molecular complexity index is 455. The lowest BCUT2D eigenvalue weighted by Crippen LogP contribution is -2.24. The quantitative estimate of drug-likeness (QED) is 0.809. The number of hydrogen-bond donors (Lipinski definition) is 2. The van der Waals surface area contributed by atoms with Crippen molar-refractivity contribution in [3.63, 3.8) is 0 Å². The Kier molecular flexibility index (Phi) is 3.72. The molecule has 0 saturated carbocycles. The molecule has 0 fully saturated rings. The first kappa shape index (κ1) is 11.6. The number of aliphatic hydroxyl groups excluding tert-OH is 1. The highest BCUT2D eigenvalue weighted by Crippen LogP contribution is 2.04. The van der Waals surface area contributed by atoms with Crippen LogP contribution in [-0.2, 0) is 6.54 Å². The number of anilines is 1. The molecule has 2 rings (SSSR count). The van der Waals surface area contributed by atoms with Crippen molar-refractivity contribution in [2.75, 3.05) is 11.9 Å². The molecule has 5 nitrogen and oxygen atoms in total. The second kappa shape index (κ2) is 5.45. The molecule has 0 radical (unpaired) electrons. The first-order chi connectivity index (χ1) is 8.24. The van der Waals surface area contributed by atoms with E-state index in [0.717, 1.165) is 11.5 Å². The van der Waals surface area contributed by atoms with Crippen LogP contribution in [0.5, 0.6) is 0 Å². The third-order valence-corrected chi connectivity index (χ3v) is 2.39. The van der Waals surface area contributed by atoms with Crippen LogP contribution in [0.25, 0.3) is 0 Å². The Morgan fingerprint density at radius 2 is 2.35 bits per heavy atom. The molecule has 5 heteroatoms. The van der Waals surface area contributed by atoms with E-state index >= 15 is 0 Å². The molecule has 0 aliphatic heterocycles. The molecule has 90 valence electrons. The molecule has 2 aromatic heterocycles. The van der Waals surface area contributed by atoms with E-state index in [0.29, 0.717) is 13.1 Å². The zero-order chi connectivity index (χ0) is 12.1. The van der Waals surface area contributed by atoms with Crippen molar-refractivity contribution in [1.82, 2.24) is 14.5 Å².